The molecule has 0 aliphatic carbocycles. The van der Waals surface area contributed by atoms with Crippen LogP contribution in [0.2, 0.25) is 0 Å². The molecule has 1 aliphatic heterocycles. The van der Waals surface area contributed by atoms with Gasteiger partial charge < -0.3 is 14.8 Å². The Morgan fingerprint density at radius 1 is 1.36 bits per heavy atom. The van der Waals surface area contributed by atoms with Crippen molar-refractivity contribution in [1.29, 1.82) is 0 Å². The first-order valence-corrected chi connectivity index (χ1v) is 8.22. The molecular weight excluding hydrogens is 323 g/mol. The zero-order valence-electron chi connectivity index (χ0n) is 14.3. The van der Waals surface area contributed by atoms with Gasteiger partial charge in [-0.15, -0.1) is 0 Å². The van der Waals surface area contributed by atoms with Gasteiger partial charge in [0.05, 0.1) is 36.7 Å². The fourth-order valence-corrected chi connectivity index (χ4v) is 3.32. The highest BCUT2D eigenvalue weighted by molar-refractivity contribution is 5.81. The van der Waals surface area contributed by atoms with Crippen LogP contribution in [0, 0.1) is 5.82 Å². The minimum atomic E-state index is -0.392. The maximum Gasteiger partial charge on any atom is 0.224 e. The lowest BCUT2D eigenvalue weighted by molar-refractivity contribution is -0.137. The van der Waals surface area contributed by atoms with Crippen molar-refractivity contribution in [1.82, 2.24) is 19.8 Å². The van der Waals surface area contributed by atoms with E-state index < -0.39 is 5.82 Å². The van der Waals surface area contributed by atoms with E-state index in [1.807, 2.05) is 11.6 Å². The van der Waals surface area contributed by atoms with Crippen molar-refractivity contribution >= 4 is 11.8 Å². The topological polar surface area (TPSA) is 67.2 Å². The standard InChI is InChI=1S/C18H21FN4O2/c1-22-11-20-10-15(22)18-14(7-8-17(25)23(18)2)21-16(24)9-12-5-3-4-6-13(12)19/h3-6,10-11,14,18H,7-9H2,1-2H3,(H,21,24)/t14-,18-/m1/s1. The summed E-state index contributed by atoms with van der Waals surface area (Å²) in [6, 6.07) is 5.71. The molecule has 0 bridgehead atoms. The lowest BCUT2D eigenvalue weighted by Gasteiger charge is -2.39. The number of halogens is 1. The molecule has 1 aromatic carbocycles. The zero-order valence-corrected chi connectivity index (χ0v) is 14.3. The molecule has 7 heteroatoms. The van der Waals surface area contributed by atoms with Gasteiger partial charge in [-0.05, 0) is 18.1 Å². The summed E-state index contributed by atoms with van der Waals surface area (Å²) < 4.78 is 15.6. The number of benzene rings is 1. The van der Waals surface area contributed by atoms with E-state index in [1.165, 1.54) is 6.07 Å². The summed E-state index contributed by atoms with van der Waals surface area (Å²) in [5, 5.41) is 2.97. The lowest BCUT2D eigenvalue weighted by Crippen LogP contribution is -2.51. The summed E-state index contributed by atoms with van der Waals surface area (Å²) in [6.07, 6.45) is 4.26. The van der Waals surface area contributed by atoms with Gasteiger partial charge in [-0.2, -0.15) is 0 Å². The fourth-order valence-electron chi connectivity index (χ4n) is 3.32. The van der Waals surface area contributed by atoms with Crippen molar-refractivity contribution in [2.75, 3.05) is 7.05 Å². The summed E-state index contributed by atoms with van der Waals surface area (Å²) >= 11 is 0. The first kappa shape index (κ1) is 17.1. The number of aryl methyl sites for hydroxylation is 1. The highest BCUT2D eigenvalue weighted by atomic mass is 19.1. The number of nitrogens with one attached hydrogen (secondary N) is 1. The Bertz CT molecular complexity index is 789. The van der Waals surface area contributed by atoms with Crippen LogP contribution in [0.1, 0.15) is 30.1 Å². The second-order valence-corrected chi connectivity index (χ2v) is 6.36. The van der Waals surface area contributed by atoms with Gasteiger partial charge in [0, 0.05) is 20.5 Å². The first-order chi connectivity index (χ1) is 12.0. The smallest absolute Gasteiger partial charge is 0.224 e. The van der Waals surface area contributed by atoms with Crippen LogP contribution in [-0.2, 0) is 23.1 Å². The Morgan fingerprint density at radius 2 is 2.12 bits per heavy atom. The third-order valence-corrected chi connectivity index (χ3v) is 4.67. The van der Waals surface area contributed by atoms with Crippen LogP contribution in [0.5, 0.6) is 0 Å². The molecule has 1 saturated heterocycles. The normalized spacial score (nSPS) is 20.6. The van der Waals surface area contributed by atoms with Crippen molar-refractivity contribution in [3.8, 4) is 0 Å². The van der Waals surface area contributed by atoms with Gasteiger partial charge in [-0.3, -0.25) is 9.59 Å². The average molecular weight is 344 g/mol. The van der Waals surface area contributed by atoms with Gasteiger partial charge >= 0.3 is 0 Å². The van der Waals surface area contributed by atoms with E-state index in [1.54, 1.807) is 42.7 Å². The monoisotopic (exact) mass is 344 g/mol. The minimum Gasteiger partial charge on any atom is -0.351 e. The third-order valence-electron chi connectivity index (χ3n) is 4.67. The molecule has 0 spiro atoms. The van der Waals surface area contributed by atoms with Crippen molar-refractivity contribution in [2.24, 2.45) is 7.05 Å². The van der Waals surface area contributed by atoms with Crippen molar-refractivity contribution in [3.05, 3.63) is 53.9 Å². The van der Waals surface area contributed by atoms with E-state index in [2.05, 4.69) is 10.3 Å². The third kappa shape index (κ3) is 3.55. The number of carbonyl (C=O) groups excluding carboxylic acids is 2. The molecule has 2 aromatic rings. The van der Waals surface area contributed by atoms with Gasteiger partial charge in [-0.25, -0.2) is 9.37 Å². The first-order valence-electron chi connectivity index (χ1n) is 8.22. The largest absolute Gasteiger partial charge is 0.351 e. The molecule has 1 aliphatic rings. The summed E-state index contributed by atoms with van der Waals surface area (Å²) in [7, 11) is 3.59. The maximum atomic E-state index is 13.8. The molecule has 132 valence electrons. The average Bonchev–Trinajstić information content (AvgIpc) is 2.99. The Morgan fingerprint density at radius 3 is 2.80 bits per heavy atom. The molecule has 6 nitrogen and oxygen atoms in total. The number of piperidine rings is 1. The van der Waals surface area contributed by atoms with Crippen LogP contribution in [0.3, 0.4) is 0 Å². The predicted octanol–water partition coefficient (Wildman–Crippen LogP) is 1.58. The number of nitrogens with zero attached hydrogens (tertiary/aromatic N) is 3. The van der Waals surface area contributed by atoms with E-state index in [-0.39, 0.29) is 30.3 Å². The number of aromatic nitrogens is 2. The Labute approximate surface area is 145 Å². The van der Waals surface area contributed by atoms with E-state index >= 15 is 0 Å². The summed E-state index contributed by atoms with van der Waals surface area (Å²) in [6.45, 7) is 0. The Hall–Kier alpha value is -2.70. The van der Waals surface area contributed by atoms with Gasteiger partial charge in [0.2, 0.25) is 11.8 Å². The van der Waals surface area contributed by atoms with Crippen molar-refractivity contribution in [3.63, 3.8) is 0 Å². The van der Waals surface area contributed by atoms with Gasteiger partial charge in [0.1, 0.15) is 5.82 Å². The number of hydrogen-bond acceptors (Lipinski definition) is 3. The van der Waals surface area contributed by atoms with Crippen LogP contribution in [0.15, 0.2) is 36.8 Å². The molecule has 1 fully saturated rings. The molecule has 2 amide bonds. The van der Waals surface area contributed by atoms with Crippen LogP contribution in [0.25, 0.3) is 0 Å². The predicted molar refractivity (Wildman–Crippen MR) is 90.0 cm³/mol. The Balaban J connectivity index is 1.77. The van der Waals surface area contributed by atoms with Crippen LogP contribution in [-0.4, -0.2) is 39.4 Å². The Kier molecular flexibility index (Phi) is 4.83. The van der Waals surface area contributed by atoms with Crippen LogP contribution >= 0.6 is 0 Å². The van der Waals surface area contributed by atoms with E-state index in [9.17, 15) is 14.0 Å². The van der Waals surface area contributed by atoms with E-state index in [0.717, 1.165) is 5.69 Å². The number of likely N-dealkylation sites (tertiary alicyclic amines) is 1. The molecule has 1 aromatic heterocycles. The maximum absolute atomic E-state index is 13.8. The molecule has 1 N–H and O–H groups in total. The number of rotatable bonds is 4. The highest BCUT2D eigenvalue weighted by Gasteiger charge is 2.37. The van der Waals surface area contributed by atoms with E-state index in [4.69, 9.17) is 0 Å². The van der Waals surface area contributed by atoms with Gasteiger partial charge in [0.25, 0.3) is 0 Å². The number of amides is 2. The quantitative estimate of drug-likeness (QED) is 0.916. The molecule has 0 saturated carbocycles. The molecule has 0 unspecified atom stereocenters. The SMILES string of the molecule is CN1C(=O)CC[C@@H](NC(=O)Cc2ccccc2F)[C@@H]1c1cncn1C. The summed E-state index contributed by atoms with van der Waals surface area (Å²) in [5.41, 5.74) is 1.21. The molecule has 2 atom stereocenters. The summed E-state index contributed by atoms with van der Waals surface area (Å²) in [4.78, 5) is 30.3. The van der Waals surface area contributed by atoms with Crippen LogP contribution < -0.4 is 5.32 Å². The van der Waals surface area contributed by atoms with Gasteiger partial charge in [0.15, 0.2) is 0 Å². The zero-order chi connectivity index (χ0) is 18.0. The second-order valence-electron chi connectivity index (χ2n) is 6.36. The van der Waals surface area contributed by atoms with Crippen molar-refractivity contribution in [2.45, 2.75) is 31.3 Å². The number of imidazole rings is 1. The highest BCUT2D eigenvalue weighted by Crippen LogP contribution is 2.30. The number of likely N-dealkylation sites (N-methyl/N-ethyl adjacent to an activating group) is 1. The molecule has 0 radical (unpaired) electrons. The summed E-state index contributed by atoms with van der Waals surface area (Å²) in [5.74, 6) is -0.618. The lowest BCUT2D eigenvalue weighted by atomic mass is 9.93. The second kappa shape index (κ2) is 7.04. The minimum absolute atomic E-state index is 0.0288. The fraction of sp³-hybridized carbons (Fsp3) is 0.389. The van der Waals surface area contributed by atoms with Gasteiger partial charge in [-0.1, -0.05) is 18.2 Å². The van der Waals surface area contributed by atoms with E-state index in [0.29, 0.717) is 18.4 Å². The van der Waals surface area contributed by atoms with Crippen molar-refractivity contribution < 1.29 is 14.0 Å². The number of hydrogen-bond donors (Lipinski definition) is 1. The molecular formula is C18H21FN4O2. The molecule has 25 heavy (non-hydrogen) atoms. The molecule has 2 heterocycles. The van der Waals surface area contributed by atoms with Crippen LogP contribution in [0.4, 0.5) is 4.39 Å². The number of carbonyl (C=O) groups is 2. The molecule has 3 rings (SSSR count).